The molecule has 3 amide bonds. The van der Waals surface area contributed by atoms with E-state index in [-0.39, 0.29) is 17.7 Å². The first-order valence-corrected chi connectivity index (χ1v) is 12.2. The van der Waals surface area contributed by atoms with Crippen LogP contribution in [0.1, 0.15) is 38.3 Å². The van der Waals surface area contributed by atoms with Gasteiger partial charge in [0.05, 0.1) is 6.04 Å². The quantitative estimate of drug-likeness (QED) is 0.314. The fraction of sp³-hybridized carbons (Fsp3) is 0.400. The number of nitrogens with two attached hydrogens (primary N) is 1. The predicted molar refractivity (Wildman–Crippen MR) is 138 cm³/mol. The molecule has 2 aromatic rings. The molecule has 5 N–H and O–H groups in total. The summed E-state index contributed by atoms with van der Waals surface area (Å²) >= 11 is 2.22. The normalized spacial score (nSPS) is 13.6. The third-order valence-electron chi connectivity index (χ3n) is 5.14. The number of hydrogen-bond acceptors (Lipinski definition) is 4. The van der Waals surface area contributed by atoms with Crippen LogP contribution in [0.3, 0.4) is 0 Å². The highest BCUT2D eigenvalue weighted by molar-refractivity contribution is 14.1. The Bertz CT molecular complexity index is 936. The SMILES string of the molecule is CC(C)C[C@H](N)C(=O)N[C@@H](C)C(=O)N[C@@H](Cc1ccccc1)C(=O)NCc1ccccc1I. The first-order valence-electron chi connectivity index (χ1n) is 11.1. The Balaban J connectivity index is 2.04. The fourth-order valence-corrected chi connectivity index (χ4v) is 3.88. The van der Waals surface area contributed by atoms with Gasteiger partial charge in [-0.1, -0.05) is 62.4 Å². The zero-order valence-corrected chi connectivity index (χ0v) is 21.5. The molecule has 8 heteroatoms. The number of nitrogens with one attached hydrogen (secondary N) is 3. The van der Waals surface area contributed by atoms with E-state index in [0.29, 0.717) is 19.4 Å². The number of hydrogen-bond donors (Lipinski definition) is 4. The molecular weight excluding hydrogens is 531 g/mol. The zero-order chi connectivity index (χ0) is 24.4. The third-order valence-corrected chi connectivity index (χ3v) is 6.19. The standard InChI is InChI=1S/C25H33IN4O3/c1-16(2)13-21(27)24(32)29-17(3)23(31)30-22(14-18-9-5-4-6-10-18)25(33)28-15-19-11-7-8-12-20(19)26/h4-12,16-17,21-22H,13-15,27H2,1-3H3,(H,28,33)(H,29,32)(H,30,31)/t17-,21-,22-/m0/s1. The molecule has 0 aliphatic rings. The molecule has 178 valence electrons. The van der Waals surface area contributed by atoms with Gasteiger partial charge in [-0.15, -0.1) is 0 Å². The van der Waals surface area contributed by atoms with Gasteiger partial charge in [0.1, 0.15) is 12.1 Å². The molecule has 33 heavy (non-hydrogen) atoms. The average molecular weight is 564 g/mol. The highest BCUT2D eigenvalue weighted by Gasteiger charge is 2.26. The molecule has 0 aliphatic heterocycles. The lowest BCUT2D eigenvalue weighted by Gasteiger charge is -2.23. The molecule has 0 saturated heterocycles. The maximum Gasteiger partial charge on any atom is 0.243 e. The van der Waals surface area contributed by atoms with Gasteiger partial charge in [-0.3, -0.25) is 14.4 Å². The van der Waals surface area contributed by atoms with E-state index in [0.717, 1.165) is 14.7 Å². The van der Waals surface area contributed by atoms with E-state index < -0.39 is 24.0 Å². The maximum atomic E-state index is 13.0. The second kappa shape index (κ2) is 13.3. The van der Waals surface area contributed by atoms with E-state index in [1.54, 1.807) is 6.92 Å². The molecule has 0 saturated carbocycles. The molecule has 2 rings (SSSR count). The van der Waals surface area contributed by atoms with Gasteiger partial charge >= 0.3 is 0 Å². The second-order valence-electron chi connectivity index (χ2n) is 8.53. The smallest absolute Gasteiger partial charge is 0.243 e. The largest absolute Gasteiger partial charge is 0.350 e. The monoisotopic (exact) mass is 564 g/mol. The van der Waals surface area contributed by atoms with Crippen LogP contribution in [-0.2, 0) is 27.3 Å². The summed E-state index contributed by atoms with van der Waals surface area (Å²) in [5.41, 5.74) is 7.83. The summed E-state index contributed by atoms with van der Waals surface area (Å²) in [5, 5.41) is 8.36. The van der Waals surface area contributed by atoms with Crippen molar-refractivity contribution in [2.45, 2.75) is 58.3 Å². The Morgan fingerprint density at radius 1 is 0.879 bits per heavy atom. The van der Waals surface area contributed by atoms with Gasteiger partial charge in [-0.25, -0.2) is 0 Å². The summed E-state index contributed by atoms with van der Waals surface area (Å²) in [5.74, 6) is -0.845. The maximum absolute atomic E-state index is 13.0. The molecule has 3 atom stereocenters. The molecule has 0 aromatic heterocycles. The van der Waals surface area contributed by atoms with Crippen molar-refractivity contribution in [2.24, 2.45) is 11.7 Å². The van der Waals surface area contributed by atoms with Gasteiger partial charge in [-0.2, -0.15) is 0 Å². The number of carbonyl (C=O) groups excluding carboxylic acids is 3. The van der Waals surface area contributed by atoms with Crippen molar-refractivity contribution < 1.29 is 14.4 Å². The van der Waals surface area contributed by atoms with Gasteiger partial charge in [0.25, 0.3) is 0 Å². The van der Waals surface area contributed by atoms with E-state index in [1.165, 1.54) is 0 Å². The Kier molecular flexibility index (Phi) is 10.8. The second-order valence-corrected chi connectivity index (χ2v) is 9.69. The molecule has 0 unspecified atom stereocenters. The first-order chi connectivity index (χ1) is 15.7. The van der Waals surface area contributed by atoms with Crippen molar-refractivity contribution >= 4 is 40.3 Å². The summed E-state index contributed by atoms with van der Waals surface area (Å²) in [6, 6.07) is 15.0. The van der Waals surface area contributed by atoms with Gasteiger partial charge in [0.2, 0.25) is 17.7 Å². The Hall–Kier alpha value is -2.46. The van der Waals surface area contributed by atoms with Crippen molar-refractivity contribution in [2.75, 3.05) is 0 Å². The van der Waals surface area contributed by atoms with Crippen molar-refractivity contribution in [1.82, 2.24) is 16.0 Å². The lowest BCUT2D eigenvalue weighted by molar-refractivity contribution is -0.132. The van der Waals surface area contributed by atoms with Gasteiger partial charge in [0, 0.05) is 16.5 Å². The topological polar surface area (TPSA) is 113 Å². The van der Waals surface area contributed by atoms with E-state index in [2.05, 4.69) is 38.5 Å². The number of benzene rings is 2. The van der Waals surface area contributed by atoms with Crippen LogP contribution in [0, 0.1) is 9.49 Å². The minimum absolute atomic E-state index is 0.265. The molecular formula is C25H33IN4O3. The van der Waals surface area contributed by atoms with Crippen LogP contribution in [0.25, 0.3) is 0 Å². The molecule has 0 bridgehead atoms. The van der Waals surface area contributed by atoms with Gasteiger partial charge in [0.15, 0.2) is 0 Å². The molecule has 0 aliphatic carbocycles. The summed E-state index contributed by atoms with van der Waals surface area (Å²) in [6.07, 6.45) is 0.856. The van der Waals surface area contributed by atoms with Crippen LogP contribution in [0.4, 0.5) is 0 Å². The van der Waals surface area contributed by atoms with Crippen LogP contribution in [0.5, 0.6) is 0 Å². The number of halogens is 1. The van der Waals surface area contributed by atoms with Crippen molar-refractivity contribution in [3.05, 3.63) is 69.3 Å². The molecule has 0 heterocycles. The van der Waals surface area contributed by atoms with Crippen LogP contribution in [-0.4, -0.2) is 35.8 Å². The van der Waals surface area contributed by atoms with Crippen LogP contribution < -0.4 is 21.7 Å². The minimum atomic E-state index is -0.822. The zero-order valence-electron chi connectivity index (χ0n) is 19.3. The van der Waals surface area contributed by atoms with E-state index in [9.17, 15) is 14.4 Å². The van der Waals surface area contributed by atoms with E-state index in [1.807, 2.05) is 68.4 Å². The highest BCUT2D eigenvalue weighted by Crippen LogP contribution is 2.11. The van der Waals surface area contributed by atoms with Gasteiger partial charge in [-0.05, 0) is 59.0 Å². The predicted octanol–water partition coefficient (Wildman–Crippen LogP) is 2.51. The first kappa shape index (κ1) is 26.8. The lowest BCUT2D eigenvalue weighted by Crippen LogP contribution is -2.55. The molecule has 0 radical (unpaired) electrons. The van der Waals surface area contributed by atoms with Crippen LogP contribution in [0.2, 0.25) is 0 Å². The molecule has 0 spiro atoms. The van der Waals surface area contributed by atoms with E-state index >= 15 is 0 Å². The number of rotatable bonds is 11. The summed E-state index contributed by atoms with van der Waals surface area (Å²) < 4.78 is 1.05. The number of amides is 3. The fourth-order valence-electron chi connectivity index (χ4n) is 3.30. The molecule has 0 fully saturated rings. The summed E-state index contributed by atoms with van der Waals surface area (Å²) in [4.78, 5) is 38.1. The van der Waals surface area contributed by atoms with Gasteiger partial charge < -0.3 is 21.7 Å². The minimum Gasteiger partial charge on any atom is -0.350 e. The summed E-state index contributed by atoms with van der Waals surface area (Å²) in [7, 11) is 0. The molecule has 7 nitrogen and oxygen atoms in total. The average Bonchev–Trinajstić information content (AvgIpc) is 2.78. The third kappa shape index (κ3) is 9.13. The van der Waals surface area contributed by atoms with Crippen molar-refractivity contribution in [3.8, 4) is 0 Å². The van der Waals surface area contributed by atoms with Crippen LogP contribution in [0.15, 0.2) is 54.6 Å². The number of carbonyl (C=O) groups is 3. The Morgan fingerprint density at radius 3 is 2.15 bits per heavy atom. The highest BCUT2D eigenvalue weighted by atomic mass is 127. The molecule has 2 aromatic carbocycles. The van der Waals surface area contributed by atoms with Crippen molar-refractivity contribution in [3.63, 3.8) is 0 Å². The summed E-state index contributed by atoms with van der Waals surface area (Å²) in [6.45, 7) is 5.90. The van der Waals surface area contributed by atoms with Crippen LogP contribution >= 0.6 is 22.6 Å². The van der Waals surface area contributed by atoms with Crippen molar-refractivity contribution in [1.29, 1.82) is 0 Å². The Labute approximate surface area is 209 Å². The Morgan fingerprint density at radius 2 is 1.52 bits per heavy atom. The van der Waals surface area contributed by atoms with E-state index in [4.69, 9.17) is 5.73 Å². The lowest BCUT2D eigenvalue weighted by atomic mass is 10.0.